The summed E-state index contributed by atoms with van der Waals surface area (Å²) in [5.74, 6) is 0.713. The molecule has 0 aliphatic rings. The summed E-state index contributed by atoms with van der Waals surface area (Å²) in [4.78, 5) is 11.9. The van der Waals surface area contributed by atoms with Gasteiger partial charge in [0.2, 0.25) is 5.91 Å². The maximum absolute atomic E-state index is 11.9. The molecule has 112 valence electrons. The molecule has 0 aliphatic heterocycles. The Balaban J connectivity index is 1.89. The van der Waals surface area contributed by atoms with Crippen molar-refractivity contribution in [2.75, 3.05) is 17.3 Å². The van der Waals surface area contributed by atoms with E-state index in [1.54, 1.807) is 22.6 Å². The lowest BCUT2D eigenvalue weighted by atomic mass is 10.2. The third-order valence-electron chi connectivity index (χ3n) is 3.06. The van der Waals surface area contributed by atoms with Crippen LogP contribution in [0, 0.1) is 0 Å². The van der Waals surface area contributed by atoms with Gasteiger partial charge in [-0.1, -0.05) is 30.3 Å². The number of amides is 1. The van der Waals surface area contributed by atoms with Crippen molar-refractivity contribution >= 4 is 23.4 Å². The third kappa shape index (κ3) is 4.91. The van der Waals surface area contributed by atoms with Crippen molar-refractivity contribution < 1.29 is 4.79 Å². The zero-order valence-corrected chi connectivity index (χ0v) is 12.8. The standard InChI is InChI=1S/C15H20N4OS/c1-21-8-7-14(16)15(20)18-13-9-17-19(11-13)10-12-5-3-2-4-6-12/h2-6,9,11,14H,7-8,10,16H2,1H3,(H,18,20)/t14-/m0/s1. The van der Waals surface area contributed by atoms with Crippen molar-refractivity contribution in [3.8, 4) is 0 Å². The Morgan fingerprint density at radius 3 is 2.90 bits per heavy atom. The Morgan fingerprint density at radius 1 is 1.43 bits per heavy atom. The molecule has 1 heterocycles. The van der Waals surface area contributed by atoms with E-state index < -0.39 is 6.04 Å². The first-order valence-electron chi connectivity index (χ1n) is 6.81. The quantitative estimate of drug-likeness (QED) is 0.820. The lowest BCUT2D eigenvalue weighted by Gasteiger charge is -2.09. The maximum Gasteiger partial charge on any atom is 0.241 e. The van der Waals surface area contributed by atoms with E-state index in [1.807, 2.05) is 42.8 Å². The van der Waals surface area contributed by atoms with Gasteiger partial charge in [-0.2, -0.15) is 16.9 Å². The SMILES string of the molecule is CSCC[C@H](N)C(=O)Nc1cnn(Cc2ccccc2)c1. The molecule has 2 aromatic rings. The Kier molecular flexibility index (Phi) is 5.83. The zero-order valence-electron chi connectivity index (χ0n) is 12.0. The average Bonchev–Trinajstić information content (AvgIpc) is 2.92. The van der Waals surface area contributed by atoms with E-state index in [2.05, 4.69) is 10.4 Å². The molecule has 1 aromatic carbocycles. The molecule has 6 heteroatoms. The monoisotopic (exact) mass is 304 g/mol. The largest absolute Gasteiger partial charge is 0.322 e. The first kappa shape index (κ1) is 15.6. The van der Waals surface area contributed by atoms with Gasteiger partial charge in [0.05, 0.1) is 24.5 Å². The molecule has 0 spiro atoms. The number of carbonyl (C=O) groups is 1. The van der Waals surface area contributed by atoms with Crippen LogP contribution in [0.15, 0.2) is 42.7 Å². The van der Waals surface area contributed by atoms with Gasteiger partial charge in [0.25, 0.3) is 0 Å². The van der Waals surface area contributed by atoms with Crippen LogP contribution in [-0.4, -0.2) is 33.7 Å². The van der Waals surface area contributed by atoms with E-state index in [1.165, 1.54) is 0 Å². The summed E-state index contributed by atoms with van der Waals surface area (Å²) < 4.78 is 1.79. The molecule has 21 heavy (non-hydrogen) atoms. The molecule has 0 radical (unpaired) electrons. The number of hydrogen-bond donors (Lipinski definition) is 2. The Morgan fingerprint density at radius 2 is 2.19 bits per heavy atom. The number of nitrogens with one attached hydrogen (secondary N) is 1. The van der Waals surface area contributed by atoms with E-state index in [0.717, 1.165) is 11.3 Å². The van der Waals surface area contributed by atoms with Crippen molar-refractivity contribution in [1.29, 1.82) is 0 Å². The molecule has 0 saturated carbocycles. The number of nitrogens with zero attached hydrogens (tertiary/aromatic N) is 2. The number of thioether (sulfide) groups is 1. The van der Waals surface area contributed by atoms with Crippen LogP contribution in [0.3, 0.4) is 0 Å². The smallest absolute Gasteiger partial charge is 0.241 e. The second-order valence-electron chi connectivity index (χ2n) is 4.79. The summed E-state index contributed by atoms with van der Waals surface area (Å²) in [6, 6.07) is 9.57. The van der Waals surface area contributed by atoms with Crippen LogP contribution < -0.4 is 11.1 Å². The van der Waals surface area contributed by atoms with E-state index in [-0.39, 0.29) is 5.91 Å². The van der Waals surface area contributed by atoms with Crippen molar-refractivity contribution in [2.45, 2.75) is 19.0 Å². The predicted octanol–water partition coefficient (Wildman–Crippen LogP) is 1.95. The molecular weight excluding hydrogens is 284 g/mol. The van der Waals surface area contributed by atoms with Crippen molar-refractivity contribution in [2.24, 2.45) is 5.73 Å². The molecule has 0 saturated heterocycles. The Labute approximate surface area is 128 Å². The van der Waals surface area contributed by atoms with Crippen molar-refractivity contribution in [3.05, 3.63) is 48.3 Å². The second kappa shape index (κ2) is 7.85. The summed E-state index contributed by atoms with van der Waals surface area (Å²) in [5, 5.41) is 7.04. The van der Waals surface area contributed by atoms with Crippen LogP contribution >= 0.6 is 11.8 Å². The van der Waals surface area contributed by atoms with Crippen LogP contribution in [0.1, 0.15) is 12.0 Å². The van der Waals surface area contributed by atoms with Crippen molar-refractivity contribution in [3.63, 3.8) is 0 Å². The normalized spacial score (nSPS) is 12.1. The number of anilines is 1. The Bertz CT molecular complexity index is 570. The molecule has 1 amide bonds. The highest BCUT2D eigenvalue weighted by Crippen LogP contribution is 2.09. The average molecular weight is 304 g/mol. The van der Waals surface area contributed by atoms with Crippen LogP contribution in [0.25, 0.3) is 0 Å². The molecule has 5 nitrogen and oxygen atoms in total. The fourth-order valence-electron chi connectivity index (χ4n) is 1.90. The molecule has 0 bridgehead atoms. The minimum absolute atomic E-state index is 0.164. The highest BCUT2D eigenvalue weighted by atomic mass is 32.2. The fraction of sp³-hybridized carbons (Fsp3) is 0.333. The molecule has 0 fully saturated rings. The van der Waals surface area contributed by atoms with Gasteiger partial charge in [-0.25, -0.2) is 0 Å². The fourth-order valence-corrected chi connectivity index (χ4v) is 2.39. The van der Waals surface area contributed by atoms with Crippen LogP contribution in [0.5, 0.6) is 0 Å². The molecule has 2 rings (SSSR count). The maximum atomic E-state index is 11.9. The first-order valence-corrected chi connectivity index (χ1v) is 8.20. The minimum atomic E-state index is -0.477. The zero-order chi connectivity index (χ0) is 15.1. The Hall–Kier alpha value is -1.79. The van der Waals surface area contributed by atoms with E-state index in [0.29, 0.717) is 18.7 Å². The molecule has 1 aromatic heterocycles. The van der Waals surface area contributed by atoms with Gasteiger partial charge in [0.1, 0.15) is 0 Å². The summed E-state index contributed by atoms with van der Waals surface area (Å²) in [6.07, 6.45) is 6.12. The van der Waals surface area contributed by atoms with E-state index >= 15 is 0 Å². The molecule has 0 unspecified atom stereocenters. The third-order valence-corrected chi connectivity index (χ3v) is 3.70. The highest BCUT2D eigenvalue weighted by molar-refractivity contribution is 7.98. The topological polar surface area (TPSA) is 72.9 Å². The van der Waals surface area contributed by atoms with Gasteiger partial charge in [-0.05, 0) is 24.0 Å². The molecule has 3 N–H and O–H groups in total. The number of nitrogens with two attached hydrogens (primary N) is 1. The molecule has 1 atom stereocenters. The van der Waals surface area contributed by atoms with Gasteiger partial charge >= 0.3 is 0 Å². The van der Waals surface area contributed by atoms with Gasteiger partial charge < -0.3 is 11.1 Å². The number of benzene rings is 1. The summed E-state index contributed by atoms with van der Waals surface area (Å²) >= 11 is 1.68. The number of rotatable bonds is 7. The number of carbonyl (C=O) groups excluding carboxylic acids is 1. The second-order valence-corrected chi connectivity index (χ2v) is 5.78. The van der Waals surface area contributed by atoms with Gasteiger partial charge in [0, 0.05) is 6.20 Å². The van der Waals surface area contributed by atoms with E-state index in [4.69, 9.17) is 5.73 Å². The van der Waals surface area contributed by atoms with E-state index in [9.17, 15) is 4.79 Å². The number of hydrogen-bond acceptors (Lipinski definition) is 4. The van der Waals surface area contributed by atoms with Gasteiger partial charge in [0.15, 0.2) is 0 Å². The molecule has 0 aliphatic carbocycles. The molecular formula is C15H20N4OS. The van der Waals surface area contributed by atoms with Crippen LogP contribution in [0.2, 0.25) is 0 Å². The summed E-state index contributed by atoms with van der Waals surface area (Å²) in [6.45, 7) is 0.676. The highest BCUT2D eigenvalue weighted by Gasteiger charge is 2.13. The van der Waals surface area contributed by atoms with Crippen molar-refractivity contribution in [1.82, 2.24) is 9.78 Å². The van der Waals surface area contributed by atoms with Gasteiger partial charge in [-0.15, -0.1) is 0 Å². The lowest BCUT2D eigenvalue weighted by molar-refractivity contribution is -0.117. The predicted molar refractivity (Wildman–Crippen MR) is 87.4 cm³/mol. The first-order chi connectivity index (χ1) is 10.2. The van der Waals surface area contributed by atoms with Crippen LogP contribution in [-0.2, 0) is 11.3 Å². The lowest BCUT2D eigenvalue weighted by Crippen LogP contribution is -2.35. The number of aromatic nitrogens is 2. The summed E-state index contributed by atoms with van der Waals surface area (Å²) in [5.41, 5.74) is 7.67. The minimum Gasteiger partial charge on any atom is -0.322 e. The van der Waals surface area contributed by atoms with Gasteiger partial charge in [-0.3, -0.25) is 9.48 Å². The van der Waals surface area contributed by atoms with Crippen LogP contribution in [0.4, 0.5) is 5.69 Å². The summed E-state index contributed by atoms with van der Waals surface area (Å²) in [7, 11) is 0.